The second-order valence-electron chi connectivity index (χ2n) is 9.05. The van der Waals surface area contributed by atoms with E-state index in [0.717, 1.165) is 64.6 Å². The molecule has 5 heteroatoms. The molecule has 3 atom stereocenters. The highest BCUT2D eigenvalue weighted by Gasteiger charge is 2.25. The first-order valence-corrected chi connectivity index (χ1v) is 12.7. The van der Waals surface area contributed by atoms with Crippen molar-refractivity contribution >= 4 is 0 Å². The molecule has 2 fully saturated rings. The topological polar surface area (TPSA) is 60.7 Å². The summed E-state index contributed by atoms with van der Waals surface area (Å²) in [7, 11) is 0. The van der Waals surface area contributed by atoms with Gasteiger partial charge in [-0.15, -0.1) is 0 Å². The Labute approximate surface area is 184 Å². The molecule has 2 rings (SSSR count). The number of hydrogen-bond donors (Lipinski definition) is 0. The lowest BCUT2D eigenvalue weighted by molar-refractivity contribution is -0.196. The molecule has 0 aliphatic carbocycles. The summed E-state index contributed by atoms with van der Waals surface area (Å²) in [6.07, 6.45) is 17.3. The van der Waals surface area contributed by atoms with E-state index in [9.17, 15) is 5.26 Å². The van der Waals surface area contributed by atoms with Crippen LogP contribution in [0.1, 0.15) is 103 Å². The molecule has 2 aliphatic heterocycles. The molecule has 0 N–H and O–H groups in total. The summed E-state index contributed by atoms with van der Waals surface area (Å²) < 4.78 is 23.8. The smallest absolute Gasteiger partial charge is 0.158 e. The van der Waals surface area contributed by atoms with E-state index in [1.807, 2.05) is 0 Å². The molecule has 0 spiro atoms. The average Bonchev–Trinajstić information content (AvgIpc) is 2.92. The SMILES string of the molecule is CCCCCCCCCC(C#N)CCCCCC1OC2CCOCC(CCOC2)O1. The summed E-state index contributed by atoms with van der Waals surface area (Å²) >= 11 is 0. The summed E-state index contributed by atoms with van der Waals surface area (Å²) in [6, 6.07) is 2.53. The van der Waals surface area contributed by atoms with Crippen molar-refractivity contribution in [2.75, 3.05) is 26.4 Å². The molecule has 0 aromatic carbocycles. The van der Waals surface area contributed by atoms with E-state index in [0.29, 0.717) is 13.2 Å². The molecular weight excluding hydrogens is 378 g/mol. The highest BCUT2D eigenvalue weighted by molar-refractivity contribution is 4.82. The lowest BCUT2D eigenvalue weighted by Gasteiger charge is -2.24. The first-order chi connectivity index (χ1) is 14.8. The lowest BCUT2D eigenvalue weighted by Crippen LogP contribution is -2.29. The number of nitrogens with zero attached hydrogens (tertiary/aromatic N) is 1. The van der Waals surface area contributed by atoms with Gasteiger partial charge in [-0.05, 0) is 38.5 Å². The van der Waals surface area contributed by atoms with Crippen molar-refractivity contribution in [2.45, 2.75) is 122 Å². The Morgan fingerprint density at radius 3 is 1.87 bits per heavy atom. The lowest BCUT2D eigenvalue weighted by atomic mass is 9.95. The van der Waals surface area contributed by atoms with Crippen LogP contribution in [0.15, 0.2) is 0 Å². The zero-order valence-corrected chi connectivity index (χ0v) is 19.3. The molecule has 2 saturated heterocycles. The molecule has 5 nitrogen and oxygen atoms in total. The molecule has 0 saturated carbocycles. The van der Waals surface area contributed by atoms with Gasteiger partial charge < -0.3 is 18.9 Å². The molecule has 0 aromatic heterocycles. The van der Waals surface area contributed by atoms with Crippen molar-refractivity contribution in [1.29, 1.82) is 5.26 Å². The van der Waals surface area contributed by atoms with Crippen LogP contribution < -0.4 is 0 Å². The summed E-state index contributed by atoms with van der Waals surface area (Å²) in [5.74, 6) is 0.232. The third-order valence-corrected chi connectivity index (χ3v) is 6.30. The van der Waals surface area contributed by atoms with E-state index in [2.05, 4.69) is 13.0 Å². The summed E-state index contributed by atoms with van der Waals surface area (Å²) in [6.45, 7) is 4.97. The van der Waals surface area contributed by atoms with Gasteiger partial charge in [0, 0.05) is 19.1 Å². The van der Waals surface area contributed by atoms with E-state index in [1.165, 1.54) is 44.9 Å². The standard InChI is InChI=1S/C25H45NO4/c1-2-3-4-5-6-7-9-12-22(19-26)13-10-8-11-14-25-29-23-15-17-27-21-24(30-25)16-18-28-20-23/h22-25H,2-18,20-21H2,1H3. The Morgan fingerprint density at radius 2 is 1.30 bits per heavy atom. The van der Waals surface area contributed by atoms with Crippen molar-refractivity contribution in [1.82, 2.24) is 0 Å². The number of hydrogen-bond acceptors (Lipinski definition) is 5. The predicted octanol–water partition coefficient (Wildman–Crippen LogP) is 6.15. The van der Waals surface area contributed by atoms with Gasteiger partial charge >= 0.3 is 0 Å². The van der Waals surface area contributed by atoms with Gasteiger partial charge in [-0.25, -0.2) is 0 Å². The highest BCUT2D eigenvalue weighted by Crippen LogP contribution is 2.22. The minimum Gasteiger partial charge on any atom is -0.379 e. The maximum absolute atomic E-state index is 9.45. The van der Waals surface area contributed by atoms with Crippen LogP contribution in [0.5, 0.6) is 0 Å². The Balaban J connectivity index is 1.56. The van der Waals surface area contributed by atoms with Crippen LogP contribution >= 0.6 is 0 Å². The summed E-state index contributed by atoms with van der Waals surface area (Å²) in [5.41, 5.74) is 0. The van der Waals surface area contributed by atoms with E-state index in [4.69, 9.17) is 18.9 Å². The van der Waals surface area contributed by atoms with Gasteiger partial charge in [0.2, 0.25) is 0 Å². The quantitative estimate of drug-likeness (QED) is 0.313. The second kappa shape index (κ2) is 17.0. The van der Waals surface area contributed by atoms with Crippen molar-refractivity contribution in [3.63, 3.8) is 0 Å². The normalized spacial score (nSPS) is 26.1. The summed E-state index contributed by atoms with van der Waals surface area (Å²) in [4.78, 5) is 0. The van der Waals surface area contributed by atoms with Crippen molar-refractivity contribution < 1.29 is 18.9 Å². The van der Waals surface area contributed by atoms with E-state index in [1.54, 1.807) is 0 Å². The van der Waals surface area contributed by atoms with Gasteiger partial charge in [-0.1, -0.05) is 64.7 Å². The van der Waals surface area contributed by atoms with Crippen LogP contribution in [0.4, 0.5) is 0 Å². The molecule has 174 valence electrons. The van der Waals surface area contributed by atoms with Gasteiger partial charge in [0.15, 0.2) is 6.29 Å². The van der Waals surface area contributed by atoms with Crippen LogP contribution in [0.3, 0.4) is 0 Å². The molecule has 0 radical (unpaired) electrons. The number of fused-ring (bicyclic) bond motifs is 4. The Bertz CT molecular complexity index is 423. The molecule has 30 heavy (non-hydrogen) atoms. The van der Waals surface area contributed by atoms with Gasteiger partial charge in [-0.2, -0.15) is 5.26 Å². The molecule has 2 bridgehead atoms. The zero-order valence-electron chi connectivity index (χ0n) is 19.3. The molecule has 0 amide bonds. The van der Waals surface area contributed by atoms with Crippen LogP contribution in [-0.4, -0.2) is 44.9 Å². The van der Waals surface area contributed by atoms with Crippen LogP contribution in [0.25, 0.3) is 0 Å². The Morgan fingerprint density at radius 1 is 0.767 bits per heavy atom. The van der Waals surface area contributed by atoms with Crippen LogP contribution in [-0.2, 0) is 18.9 Å². The number of rotatable bonds is 14. The van der Waals surface area contributed by atoms with E-state index >= 15 is 0 Å². The fourth-order valence-corrected chi connectivity index (χ4v) is 4.34. The average molecular weight is 424 g/mol. The third-order valence-electron chi connectivity index (χ3n) is 6.30. The maximum Gasteiger partial charge on any atom is 0.158 e. The van der Waals surface area contributed by atoms with Gasteiger partial charge in [0.05, 0.1) is 31.5 Å². The zero-order chi connectivity index (χ0) is 21.3. The predicted molar refractivity (Wildman–Crippen MR) is 119 cm³/mol. The van der Waals surface area contributed by atoms with Crippen molar-refractivity contribution in [3.8, 4) is 6.07 Å². The molecule has 3 unspecified atom stereocenters. The number of nitriles is 1. The monoisotopic (exact) mass is 423 g/mol. The summed E-state index contributed by atoms with van der Waals surface area (Å²) in [5, 5.41) is 9.45. The molecule has 2 heterocycles. The number of unbranched alkanes of at least 4 members (excludes halogenated alkanes) is 8. The van der Waals surface area contributed by atoms with E-state index < -0.39 is 0 Å². The molecule has 2 aliphatic rings. The second-order valence-corrected chi connectivity index (χ2v) is 9.05. The van der Waals surface area contributed by atoms with Gasteiger partial charge in [-0.3, -0.25) is 0 Å². The first kappa shape index (κ1) is 25.6. The Kier molecular flexibility index (Phi) is 14.5. The van der Waals surface area contributed by atoms with Crippen LogP contribution in [0, 0.1) is 17.2 Å². The van der Waals surface area contributed by atoms with Gasteiger partial charge in [0.25, 0.3) is 0 Å². The first-order valence-electron chi connectivity index (χ1n) is 12.7. The number of ether oxygens (including phenoxy) is 4. The fourth-order valence-electron chi connectivity index (χ4n) is 4.34. The Hall–Kier alpha value is -0.670. The van der Waals surface area contributed by atoms with Crippen molar-refractivity contribution in [3.05, 3.63) is 0 Å². The largest absolute Gasteiger partial charge is 0.379 e. The van der Waals surface area contributed by atoms with Gasteiger partial charge in [0.1, 0.15) is 0 Å². The minimum atomic E-state index is -0.150. The molecular formula is C25H45NO4. The highest BCUT2D eigenvalue weighted by atomic mass is 16.7. The van der Waals surface area contributed by atoms with E-state index in [-0.39, 0.29) is 24.4 Å². The molecule has 0 aromatic rings. The maximum atomic E-state index is 9.45. The third kappa shape index (κ3) is 11.6. The van der Waals surface area contributed by atoms with Crippen LogP contribution in [0.2, 0.25) is 0 Å². The van der Waals surface area contributed by atoms with Crippen molar-refractivity contribution in [2.24, 2.45) is 5.92 Å². The minimum absolute atomic E-state index is 0.0665. The fraction of sp³-hybridized carbons (Fsp3) is 0.960.